The molecular formula is C17H20ClN3. The lowest BCUT2D eigenvalue weighted by Crippen LogP contribution is -2.13. The first-order valence-corrected chi connectivity index (χ1v) is 7.59. The number of nitrogens with one attached hydrogen (secondary N) is 2. The first kappa shape index (κ1) is 14.1. The van der Waals surface area contributed by atoms with E-state index in [-0.39, 0.29) is 0 Å². The molecule has 0 saturated carbocycles. The quantitative estimate of drug-likeness (QED) is 0.894. The largest absolute Gasteiger partial charge is 0.384 e. The summed E-state index contributed by atoms with van der Waals surface area (Å²) in [6, 6.07) is 12.5. The highest BCUT2D eigenvalue weighted by atomic mass is 35.5. The Morgan fingerprint density at radius 3 is 2.81 bits per heavy atom. The van der Waals surface area contributed by atoms with Crippen molar-refractivity contribution in [1.29, 1.82) is 0 Å². The molecule has 0 atom stereocenters. The van der Waals surface area contributed by atoms with Crippen molar-refractivity contribution in [3.8, 4) is 0 Å². The topological polar surface area (TPSA) is 27.3 Å². The third-order valence-corrected chi connectivity index (χ3v) is 4.14. The van der Waals surface area contributed by atoms with Crippen LogP contribution in [0.15, 0.2) is 36.4 Å². The van der Waals surface area contributed by atoms with Gasteiger partial charge < -0.3 is 15.5 Å². The lowest BCUT2D eigenvalue weighted by Gasteiger charge is -2.20. The summed E-state index contributed by atoms with van der Waals surface area (Å²) in [6.45, 7) is 1.82. The number of hydrogen-bond acceptors (Lipinski definition) is 3. The molecule has 0 radical (unpaired) electrons. The van der Waals surface area contributed by atoms with E-state index >= 15 is 0 Å². The molecule has 0 saturated heterocycles. The summed E-state index contributed by atoms with van der Waals surface area (Å²) in [5.41, 5.74) is 6.09. The lowest BCUT2D eigenvalue weighted by molar-refractivity contribution is 1.10. The van der Waals surface area contributed by atoms with Crippen LogP contribution in [0.5, 0.6) is 0 Å². The van der Waals surface area contributed by atoms with Gasteiger partial charge in [0.1, 0.15) is 0 Å². The van der Waals surface area contributed by atoms with E-state index in [0.29, 0.717) is 0 Å². The van der Waals surface area contributed by atoms with Crippen LogP contribution >= 0.6 is 11.6 Å². The second-order valence-electron chi connectivity index (χ2n) is 5.51. The number of nitrogens with zero attached hydrogens (tertiary/aromatic N) is 1. The summed E-state index contributed by atoms with van der Waals surface area (Å²) in [7, 11) is 4.02. The Balaban J connectivity index is 1.83. The number of anilines is 3. The van der Waals surface area contributed by atoms with Gasteiger partial charge in [0.2, 0.25) is 0 Å². The van der Waals surface area contributed by atoms with Crippen LogP contribution in [0.1, 0.15) is 11.1 Å². The summed E-state index contributed by atoms with van der Waals surface area (Å²) in [4.78, 5) is 2.04. The molecule has 2 aromatic carbocycles. The lowest BCUT2D eigenvalue weighted by atomic mass is 10.1. The summed E-state index contributed by atoms with van der Waals surface area (Å²) in [5.74, 6) is 0. The molecule has 0 unspecified atom stereocenters. The normalized spacial score (nSPS) is 12.7. The average molecular weight is 302 g/mol. The molecular weight excluding hydrogens is 282 g/mol. The van der Waals surface area contributed by atoms with Crippen LogP contribution in [-0.2, 0) is 13.0 Å². The zero-order chi connectivity index (χ0) is 14.8. The van der Waals surface area contributed by atoms with Gasteiger partial charge in [0.05, 0.1) is 16.4 Å². The summed E-state index contributed by atoms with van der Waals surface area (Å²) >= 11 is 6.31. The van der Waals surface area contributed by atoms with Gasteiger partial charge in [-0.25, -0.2) is 0 Å². The number of rotatable bonds is 4. The standard InChI is InChI=1S/C17H20ClN3/c1-21(2)17-14(18)7-4-8-15(17)20-11-13-6-3-5-12-9-10-19-16(12)13/h3-8,19-20H,9-11H2,1-2H3. The maximum Gasteiger partial charge on any atom is 0.0786 e. The highest BCUT2D eigenvalue weighted by Crippen LogP contribution is 2.33. The molecule has 21 heavy (non-hydrogen) atoms. The molecule has 1 heterocycles. The van der Waals surface area contributed by atoms with Gasteiger partial charge in [0.15, 0.2) is 0 Å². The van der Waals surface area contributed by atoms with Crippen LogP contribution in [-0.4, -0.2) is 20.6 Å². The fourth-order valence-electron chi connectivity index (χ4n) is 2.86. The van der Waals surface area contributed by atoms with Crippen LogP contribution < -0.4 is 15.5 Å². The Bertz CT molecular complexity index is 652. The zero-order valence-electron chi connectivity index (χ0n) is 12.4. The molecule has 0 aromatic heterocycles. The Labute approximate surface area is 130 Å². The SMILES string of the molecule is CN(C)c1c(Cl)cccc1NCc1cccc2c1NCC2. The Hall–Kier alpha value is -1.87. The molecule has 0 aliphatic carbocycles. The summed E-state index contributed by atoms with van der Waals surface area (Å²) < 4.78 is 0. The molecule has 3 rings (SSSR count). The minimum atomic E-state index is 0.765. The Morgan fingerprint density at radius 2 is 2.00 bits per heavy atom. The minimum absolute atomic E-state index is 0.765. The van der Waals surface area contributed by atoms with Gasteiger partial charge in [-0.1, -0.05) is 35.9 Å². The molecule has 1 aliphatic rings. The summed E-state index contributed by atoms with van der Waals surface area (Å²) in [5, 5.41) is 7.76. The molecule has 1 aliphatic heterocycles. The van der Waals surface area contributed by atoms with E-state index in [1.54, 1.807) is 0 Å². The third-order valence-electron chi connectivity index (χ3n) is 3.84. The Kier molecular flexibility index (Phi) is 3.93. The number of fused-ring (bicyclic) bond motifs is 1. The molecule has 110 valence electrons. The van der Waals surface area contributed by atoms with E-state index in [2.05, 4.69) is 34.9 Å². The predicted molar refractivity (Wildman–Crippen MR) is 91.7 cm³/mol. The van der Waals surface area contributed by atoms with Gasteiger partial charge in [-0.05, 0) is 29.7 Å². The smallest absolute Gasteiger partial charge is 0.0786 e. The van der Waals surface area contributed by atoms with Crippen LogP contribution in [0.25, 0.3) is 0 Å². The van der Waals surface area contributed by atoms with Gasteiger partial charge in [-0.15, -0.1) is 0 Å². The number of benzene rings is 2. The van der Waals surface area contributed by atoms with Crippen molar-refractivity contribution in [3.05, 3.63) is 52.5 Å². The maximum absolute atomic E-state index is 6.31. The van der Waals surface area contributed by atoms with E-state index in [0.717, 1.165) is 35.9 Å². The second-order valence-corrected chi connectivity index (χ2v) is 5.92. The molecule has 2 aromatic rings. The minimum Gasteiger partial charge on any atom is -0.384 e. The van der Waals surface area contributed by atoms with Crippen molar-refractivity contribution in [1.82, 2.24) is 0 Å². The van der Waals surface area contributed by atoms with Gasteiger partial charge in [0, 0.05) is 32.9 Å². The van der Waals surface area contributed by atoms with E-state index in [4.69, 9.17) is 11.6 Å². The van der Waals surface area contributed by atoms with Crippen LogP contribution in [0.4, 0.5) is 17.1 Å². The average Bonchev–Trinajstić information content (AvgIpc) is 2.93. The van der Waals surface area contributed by atoms with Crippen molar-refractivity contribution >= 4 is 28.7 Å². The Morgan fingerprint density at radius 1 is 1.19 bits per heavy atom. The van der Waals surface area contributed by atoms with Crippen molar-refractivity contribution in [2.24, 2.45) is 0 Å². The second kappa shape index (κ2) is 5.86. The van der Waals surface area contributed by atoms with Gasteiger partial charge in [0.25, 0.3) is 0 Å². The van der Waals surface area contributed by atoms with Crippen molar-refractivity contribution in [2.75, 3.05) is 36.2 Å². The molecule has 0 amide bonds. The molecule has 0 fully saturated rings. The van der Waals surface area contributed by atoms with Gasteiger partial charge in [-0.2, -0.15) is 0 Å². The first-order valence-electron chi connectivity index (χ1n) is 7.21. The number of halogens is 1. The molecule has 3 nitrogen and oxygen atoms in total. The number of para-hydroxylation sites is 2. The zero-order valence-corrected chi connectivity index (χ0v) is 13.2. The summed E-state index contributed by atoms with van der Waals surface area (Å²) in [6.07, 6.45) is 1.11. The van der Waals surface area contributed by atoms with Crippen molar-refractivity contribution < 1.29 is 0 Å². The van der Waals surface area contributed by atoms with E-state index in [1.165, 1.54) is 16.8 Å². The molecule has 2 N–H and O–H groups in total. The van der Waals surface area contributed by atoms with E-state index < -0.39 is 0 Å². The monoisotopic (exact) mass is 301 g/mol. The first-order chi connectivity index (χ1) is 10.2. The van der Waals surface area contributed by atoms with Crippen LogP contribution in [0, 0.1) is 0 Å². The van der Waals surface area contributed by atoms with Gasteiger partial charge >= 0.3 is 0 Å². The van der Waals surface area contributed by atoms with Crippen LogP contribution in [0.3, 0.4) is 0 Å². The van der Waals surface area contributed by atoms with E-state index in [9.17, 15) is 0 Å². The fraction of sp³-hybridized carbons (Fsp3) is 0.294. The van der Waals surface area contributed by atoms with Crippen molar-refractivity contribution in [3.63, 3.8) is 0 Å². The van der Waals surface area contributed by atoms with Crippen LogP contribution in [0.2, 0.25) is 5.02 Å². The highest BCUT2D eigenvalue weighted by molar-refractivity contribution is 6.34. The molecule has 4 heteroatoms. The highest BCUT2D eigenvalue weighted by Gasteiger charge is 2.14. The van der Waals surface area contributed by atoms with Crippen molar-refractivity contribution in [2.45, 2.75) is 13.0 Å². The van der Waals surface area contributed by atoms with E-state index in [1.807, 2.05) is 31.1 Å². The molecule has 0 bridgehead atoms. The fourth-order valence-corrected chi connectivity index (χ4v) is 3.20. The number of hydrogen-bond donors (Lipinski definition) is 2. The van der Waals surface area contributed by atoms with Gasteiger partial charge in [-0.3, -0.25) is 0 Å². The maximum atomic E-state index is 6.31. The molecule has 0 spiro atoms. The third kappa shape index (κ3) is 2.79. The predicted octanol–water partition coefficient (Wildman–Crippen LogP) is 3.99.